The summed E-state index contributed by atoms with van der Waals surface area (Å²) in [4.78, 5) is 34.8. The molecule has 29 heavy (non-hydrogen) atoms. The molecule has 0 atom stereocenters. The largest absolute Gasteiger partial charge is 0.352 e. The Bertz CT molecular complexity index is 945. The van der Waals surface area contributed by atoms with Gasteiger partial charge in [0.1, 0.15) is 5.69 Å². The van der Waals surface area contributed by atoms with Gasteiger partial charge in [-0.15, -0.1) is 0 Å². The third-order valence-electron chi connectivity index (χ3n) is 4.62. The average molecular weight is 388 g/mol. The highest BCUT2D eigenvalue weighted by Crippen LogP contribution is 2.07. The molecule has 2 amide bonds. The predicted octanol–water partition coefficient (Wildman–Crippen LogP) is 2.76. The van der Waals surface area contributed by atoms with Crippen molar-refractivity contribution in [2.75, 3.05) is 20.1 Å². The Kier molecular flexibility index (Phi) is 7.05. The van der Waals surface area contributed by atoms with Crippen molar-refractivity contribution in [3.63, 3.8) is 0 Å². The molecule has 2 heterocycles. The molecule has 0 spiro atoms. The van der Waals surface area contributed by atoms with Gasteiger partial charge in [0.15, 0.2) is 0 Å². The Hall–Kier alpha value is -3.54. The smallest absolute Gasteiger partial charge is 0.272 e. The van der Waals surface area contributed by atoms with Crippen molar-refractivity contribution < 1.29 is 9.59 Å². The second-order valence-electron chi connectivity index (χ2n) is 6.75. The molecule has 148 valence electrons. The Balaban J connectivity index is 1.54. The van der Waals surface area contributed by atoms with Gasteiger partial charge in [-0.3, -0.25) is 19.6 Å². The maximum atomic E-state index is 12.7. The van der Waals surface area contributed by atoms with Crippen LogP contribution in [0.1, 0.15) is 32.0 Å². The Morgan fingerprint density at radius 1 is 0.931 bits per heavy atom. The van der Waals surface area contributed by atoms with Crippen molar-refractivity contribution in [3.8, 4) is 0 Å². The number of benzene rings is 1. The Morgan fingerprint density at radius 3 is 2.41 bits per heavy atom. The first-order chi connectivity index (χ1) is 14.1. The lowest BCUT2D eigenvalue weighted by Crippen LogP contribution is -2.30. The number of carbonyl (C=O) groups is 2. The van der Waals surface area contributed by atoms with E-state index < -0.39 is 0 Å². The second-order valence-corrected chi connectivity index (χ2v) is 6.75. The van der Waals surface area contributed by atoms with E-state index in [0.717, 1.165) is 24.0 Å². The van der Waals surface area contributed by atoms with Crippen molar-refractivity contribution in [2.24, 2.45) is 0 Å². The number of aromatic nitrogens is 2. The first-order valence-corrected chi connectivity index (χ1v) is 9.56. The van der Waals surface area contributed by atoms with Gasteiger partial charge in [-0.1, -0.05) is 30.3 Å². The Labute approximate surface area is 170 Å². The van der Waals surface area contributed by atoms with Crippen LogP contribution in [0.4, 0.5) is 0 Å². The summed E-state index contributed by atoms with van der Waals surface area (Å²) in [6.07, 6.45) is 6.44. The molecule has 0 radical (unpaired) electrons. The van der Waals surface area contributed by atoms with Crippen LogP contribution < -0.4 is 5.32 Å². The van der Waals surface area contributed by atoms with Crippen molar-refractivity contribution in [1.29, 1.82) is 0 Å². The third-order valence-corrected chi connectivity index (χ3v) is 4.62. The zero-order chi connectivity index (χ0) is 20.5. The zero-order valence-electron chi connectivity index (χ0n) is 16.4. The number of amides is 2. The molecular formula is C23H24N4O2. The van der Waals surface area contributed by atoms with Crippen molar-refractivity contribution in [1.82, 2.24) is 20.2 Å². The molecule has 6 nitrogen and oxygen atoms in total. The maximum absolute atomic E-state index is 12.7. The van der Waals surface area contributed by atoms with Crippen LogP contribution in [-0.2, 0) is 12.8 Å². The van der Waals surface area contributed by atoms with E-state index in [1.54, 1.807) is 36.5 Å². The third kappa shape index (κ3) is 5.97. The van der Waals surface area contributed by atoms with E-state index in [0.29, 0.717) is 18.7 Å². The van der Waals surface area contributed by atoms with Crippen LogP contribution >= 0.6 is 0 Å². The topological polar surface area (TPSA) is 75.2 Å². The van der Waals surface area contributed by atoms with Crippen molar-refractivity contribution >= 4 is 11.8 Å². The number of rotatable bonds is 8. The number of nitrogens with one attached hydrogen (secondary N) is 1. The average Bonchev–Trinajstić information content (AvgIpc) is 2.78. The molecule has 0 fully saturated rings. The van der Waals surface area contributed by atoms with Gasteiger partial charge < -0.3 is 10.2 Å². The summed E-state index contributed by atoms with van der Waals surface area (Å²) in [6, 6.07) is 17.0. The molecule has 1 aromatic carbocycles. The van der Waals surface area contributed by atoms with Crippen LogP contribution in [0.2, 0.25) is 0 Å². The van der Waals surface area contributed by atoms with Crippen LogP contribution in [0, 0.1) is 0 Å². The fourth-order valence-corrected chi connectivity index (χ4v) is 2.90. The molecule has 1 N–H and O–H groups in total. The molecule has 0 bridgehead atoms. The van der Waals surface area contributed by atoms with Gasteiger partial charge >= 0.3 is 0 Å². The van der Waals surface area contributed by atoms with Gasteiger partial charge in [0, 0.05) is 44.3 Å². The van der Waals surface area contributed by atoms with E-state index in [4.69, 9.17) is 0 Å². The lowest BCUT2D eigenvalue weighted by molar-refractivity contribution is 0.0791. The highest BCUT2D eigenvalue weighted by atomic mass is 16.2. The lowest BCUT2D eigenvalue weighted by atomic mass is 10.1. The van der Waals surface area contributed by atoms with E-state index in [1.165, 1.54) is 6.20 Å². The molecule has 0 saturated heterocycles. The summed E-state index contributed by atoms with van der Waals surface area (Å²) in [7, 11) is 1.73. The molecule has 0 aliphatic rings. The van der Waals surface area contributed by atoms with E-state index in [-0.39, 0.29) is 17.5 Å². The monoisotopic (exact) mass is 388 g/mol. The minimum absolute atomic E-state index is 0.210. The summed E-state index contributed by atoms with van der Waals surface area (Å²) in [6.45, 7) is 1.08. The summed E-state index contributed by atoms with van der Waals surface area (Å²) in [5.74, 6) is -0.421. The molecule has 0 aliphatic heterocycles. The molecule has 0 saturated carbocycles. The summed E-state index contributed by atoms with van der Waals surface area (Å²) >= 11 is 0. The summed E-state index contributed by atoms with van der Waals surface area (Å²) < 4.78 is 0. The van der Waals surface area contributed by atoms with Gasteiger partial charge in [0.05, 0.1) is 0 Å². The van der Waals surface area contributed by atoms with E-state index in [9.17, 15) is 9.59 Å². The SMILES string of the molecule is CN(CCc1ccncc1)C(=O)c1cc(C(=O)NCCc2ccccc2)ccn1. The van der Waals surface area contributed by atoms with Gasteiger partial charge in [0.2, 0.25) is 0 Å². The van der Waals surface area contributed by atoms with Gasteiger partial charge in [-0.2, -0.15) is 0 Å². The minimum Gasteiger partial charge on any atom is -0.352 e. The summed E-state index contributed by atoms with van der Waals surface area (Å²) in [5.41, 5.74) is 2.96. The molecular weight excluding hydrogens is 364 g/mol. The van der Waals surface area contributed by atoms with E-state index >= 15 is 0 Å². The van der Waals surface area contributed by atoms with Crippen LogP contribution in [0.3, 0.4) is 0 Å². The minimum atomic E-state index is -0.211. The first-order valence-electron chi connectivity index (χ1n) is 9.56. The molecule has 6 heteroatoms. The number of hydrogen-bond acceptors (Lipinski definition) is 4. The molecule has 0 unspecified atom stereocenters. The molecule has 0 aliphatic carbocycles. The van der Waals surface area contributed by atoms with E-state index in [1.807, 2.05) is 42.5 Å². The quantitative estimate of drug-likeness (QED) is 0.644. The van der Waals surface area contributed by atoms with Gasteiger partial charge in [0.25, 0.3) is 11.8 Å². The fraction of sp³-hybridized carbons (Fsp3) is 0.217. The molecule has 2 aromatic heterocycles. The van der Waals surface area contributed by atoms with Crippen LogP contribution in [-0.4, -0.2) is 46.8 Å². The number of pyridine rings is 2. The normalized spacial score (nSPS) is 10.4. The highest BCUT2D eigenvalue weighted by Gasteiger charge is 2.15. The number of likely N-dealkylation sites (N-methyl/N-ethyl adjacent to an activating group) is 1. The van der Waals surface area contributed by atoms with Crippen LogP contribution in [0.5, 0.6) is 0 Å². The van der Waals surface area contributed by atoms with Crippen LogP contribution in [0.25, 0.3) is 0 Å². The van der Waals surface area contributed by atoms with Crippen molar-refractivity contribution in [2.45, 2.75) is 12.8 Å². The van der Waals surface area contributed by atoms with Crippen LogP contribution in [0.15, 0.2) is 73.2 Å². The predicted molar refractivity (Wildman–Crippen MR) is 112 cm³/mol. The Morgan fingerprint density at radius 2 is 1.66 bits per heavy atom. The number of carbonyl (C=O) groups excluding carboxylic acids is 2. The second kappa shape index (κ2) is 10.1. The standard InChI is InChI=1S/C23H24N4O2/c1-27(16-11-19-7-12-24-13-8-19)23(29)21-17-20(10-15-25-21)22(28)26-14-9-18-5-3-2-4-6-18/h2-8,10,12-13,15,17H,9,11,14,16H2,1H3,(H,26,28). The zero-order valence-corrected chi connectivity index (χ0v) is 16.4. The lowest BCUT2D eigenvalue weighted by Gasteiger charge is -2.17. The first kappa shape index (κ1) is 20.2. The fourth-order valence-electron chi connectivity index (χ4n) is 2.90. The van der Waals surface area contributed by atoms with E-state index in [2.05, 4.69) is 15.3 Å². The molecule has 3 rings (SSSR count). The summed E-state index contributed by atoms with van der Waals surface area (Å²) in [5, 5.41) is 2.89. The highest BCUT2D eigenvalue weighted by molar-refractivity contribution is 5.98. The maximum Gasteiger partial charge on any atom is 0.272 e. The molecule has 3 aromatic rings. The van der Waals surface area contributed by atoms with Crippen molar-refractivity contribution in [3.05, 3.63) is 95.6 Å². The van der Waals surface area contributed by atoms with Gasteiger partial charge in [-0.05, 0) is 48.2 Å². The van der Waals surface area contributed by atoms with Gasteiger partial charge in [-0.25, -0.2) is 0 Å². The number of hydrogen-bond donors (Lipinski definition) is 1. The number of nitrogens with zero attached hydrogens (tertiary/aromatic N) is 3.